The van der Waals surface area contributed by atoms with E-state index in [2.05, 4.69) is 16.0 Å². The molecular weight excluding hydrogens is 766 g/mol. The summed E-state index contributed by atoms with van der Waals surface area (Å²) in [6.45, 7) is -0.537. The van der Waals surface area contributed by atoms with Gasteiger partial charge in [-0.2, -0.15) is 0 Å². The summed E-state index contributed by atoms with van der Waals surface area (Å²) < 4.78 is 34.0. The molecule has 2 heterocycles. The van der Waals surface area contributed by atoms with Crippen LogP contribution < -0.4 is 20.6 Å². The van der Waals surface area contributed by atoms with Crippen molar-refractivity contribution < 1.29 is 67.7 Å². The number of aromatic carboxylic acids is 1. The number of amides is 6. The number of phenolic OH excluding ortho intramolecular Hbond substituents is 3. The second-order valence-corrected chi connectivity index (χ2v) is 12.7. The molecule has 284 valence electrons. The molecule has 0 saturated carbocycles. The average Bonchev–Trinajstić information content (AvgIpc) is 3.11. The standard InChI is InChI=1S/C32H28BCl2F2N5O12/c34-17-11-14(43)3-4-15(17)27(46)38-6-1-7-41-8-9-42(30(49)29(41)48)32(52)40-23(16-12-19(37)24(44)25(45)22(16)35)28(47)39-20-10-13-2-5-18(36)21(31(50)51)26(13)54-33(20)53/h2-5,11-12,20,23,43-45,53H,1,6-10H2,(H,38,46)(H,39,47)(H,40,52)(H,50,51)/t20-,23+/m0/s1. The summed E-state index contributed by atoms with van der Waals surface area (Å²) in [5.74, 6) is -13.1. The van der Waals surface area contributed by atoms with Crippen molar-refractivity contribution in [3.63, 3.8) is 0 Å². The molecule has 1 fully saturated rings. The van der Waals surface area contributed by atoms with Gasteiger partial charge in [-0.05, 0) is 48.7 Å². The first-order valence-electron chi connectivity index (χ1n) is 15.8. The SMILES string of the molecule is O=C(NCCCN1CCN(C(=O)N[C@@H](C(=O)N[C@H]2Cc3ccc(F)c(C(=O)O)c3OB2O)c2cc(F)c(O)c(O)c2Cl)C(=O)C1=O)c1ccc(O)cc1Cl. The monoisotopic (exact) mass is 793 g/mol. The van der Waals surface area contributed by atoms with E-state index in [1.165, 1.54) is 18.2 Å². The van der Waals surface area contributed by atoms with Crippen LogP contribution in [0.4, 0.5) is 13.6 Å². The molecule has 0 spiro atoms. The lowest BCUT2D eigenvalue weighted by atomic mass is 9.72. The Kier molecular flexibility index (Phi) is 11.7. The minimum absolute atomic E-state index is 0.0114. The van der Waals surface area contributed by atoms with Crippen molar-refractivity contribution in [2.24, 2.45) is 0 Å². The molecule has 0 radical (unpaired) electrons. The quantitative estimate of drug-likeness (QED) is 0.0629. The maximum Gasteiger partial charge on any atom is 0.547 e. The van der Waals surface area contributed by atoms with Crippen LogP contribution in [0.15, 0.2) is 36.4 Å². The normalized spacial score (nSPS) is 15.9. The number of nitrogens with zero attached hydrogens (tertiary/aromatic N) is 2. The van der Waals surface area contributed by atoms with E-state index in [1.54, 1.807) is 0 Å². The number of halogens is 4. The number of carbonyl (C=O) groups is 6. The number of phenols is 3. The Labute approximate surface area is 313 Å². The summed E-state index contributed by atoms with van der Waals surface area (Å²) in [6, 6.07) is 2.85. The predicted molar refractivity (Wildman–Crippen MR) is 182 cm³/mol. The lowest BCUT2D eigenvalue weighted by Gasteiger charge is -2.34. The van der Waals surface area contributed by atoms with Crippen molar-refractivity contribution in [2.45, 2.75) is 24.8 Å². The van der Waals surface area contributed by atoms with E-state index in [4.69, 9.17) is 27.9 Å². The van der Waals surface area contributed by atoms with Crippen LogP contribution in [0.25, 0.3) is 0 Å². The van der Waals surface area contributed by atoms with Gasteiger partial charge >= 0.3 is 30.9 Å². The molecule has 5 rings (SSSR count). The molecule has 0 unspecified atom stereocenters. The zero-order valence-corrected chi connectivity index (χ0v) is 29.0. The minimum Gasteiger partial charge on any atom is -0.534 e. The van der Waals surface area contributed by atoms with Crippen molar-refractivity contribution in [3.05, 3.63) is 80.3 Å². The van der Waals surface area contributed by atoms with Gasteiger partial charge in [-0.25, -0.2) is 18.4 Å². The van der Waals surface area contributed by atoms with Crippen LogP contribution in [-0.4, -0.2) is 110 Å². The smallest absolute Gasteiger partial charge is 0.534 e. The van der Waals surface area contributed by atoms with E-state index >= 15 is 0 Å². The molecule has 3 aromatic rings. The Hall–Kier alpha value is -5.86. The number of imide groups is 1. The molecular formula is C32H28BCl2F2N5O12. The van der Waals surface area contributed by atoms with E-state index in [1.807, 2.05) is 0 Å². The van der Waals surface area contributed by atoms with Crippen LogP contribution >= 0.6 is 23.2 Å². The van der Waals surface area contributed by atoms with Crippen molar-refractivity contribution in [3.8, 4) is 23.0 Å². The summed E-state index contributed by atoms with van der Waals surface area (Å²) in [5.41, 5.74) is -1.35. The van der Waals surface area contributed by atoms with Crippen molar-refractivity contribution in [2.75, 3.05) is 26.2 Å². The highest BCUT2D eigenvalue weighted by atomic mass is 35.5. The van der Waals surface area contributed by atoms with Gasteiger partial charge in [0.2, 0.25) is 5.91 Å². The average molecular weight is 794 g/mol. The summed E-state index contributed by atoms with van der Waals surface area (Å²) in [5, 5.41) is 55.7. The first-order chi connectivity index (χ1) is 25.5. The van der Waals surface area contributed by atoms with Crippen LogP contribution in [-0.2, 0) is 20.8 Å². The number of hydrogen-bond donors (Lipinski definition) is 8. The molecule has 17 nitrogen and oxygen atoms in total. The molecule has 54 heavy (non-hydrogen) atoms. The van der Waals surface area contributed by atoms with E-state index in [9.17, 15) is 63.0 Å². The number of nitrogens with one attached hydrogen (secondary N) is 3. The van der Waals surface area contributed by atoms with E-state index in [0.717, 1.165) is 17.0 Å². The van der Waals surface area contributed by atoms with Gasteiger partial charge in [0.25, 0.3) is 5.91 Å². The largest absolute Gasteiger partial charge is 0.547 e. The highest BCUT2D eigenvalue weighted by Gasteiger charge is 2.42. The van der Waals surface area contributed by atoms with Crippen molar-refractivity contribution in [1.29, 1.82) is 0 Å². The van der Waals surface area contributed by atoms with Gasteiger partial charge in [0.1, 0.15) is 28.9 Å². The maximum atomic E-state index is 14.6. The van der Waals surface area contributed by atoms with Crippen LogP contribution in [0.3, 0.4) is 0 Å². The molecule has 0 bridgehead atoms. The lowest BCUT2D eigenvalue weighted by molar-refractivity contribution is -0.153. The number of piperazine rings is 1. The highest BCUT2D eigenvalue weighted by Crippen LogP contribution is 2.41. The van der Waals surface area contributed by atoms with E-state index < -0.39 is 106 Å². The number of hydrogen-bond acceptors (Lipinski definition) is 11. The topological polar surface area (TPSA) is 255 Å². The van der Waals surface area contributed by atoms with Crippen molar-refractivity contribution >= 4 is 65.9 Å². The number of carbonyl (C=O) groups excluding carboxylic acids is 5. The molecule has 0 aliphatic carbocycles. The van der Waals surface area contributed by atoms with Crippen LogP contribution in [0.1, 0.15) is 44.3 Å². The summed E-state index contributed by atoms with van der Waals surface area (Å²) in [6.07, 6.45) is -0.160. The Bertz CT molecular complexity index is 2080. The fraction of sp³-hybridized carbons (Fsp3) is 0.250. The molecule has 6 amide bonds. The number of aromatic hydroxyl groups is 3. The zero-order chi connectivity index (χ0) is 39.6. The first kappa shape index (κ1) is 39.4. The molecule has 2 atom stereocenters. The Morgan fingerprint density at radius 1 is 0.981 bits per heavy atom. The molecule has 8 N–H and O–H groups in total. The first-order valence-corrected chi connectivity index (χ1v) is 16.5. The Balaban J connectivity index is 1.28. The van der Waals surface area contributed by atoms with Gasteiger partial charge in [-0.3, -0.25) is 24.1 Å². The van der Waals surface area contributed by atoms with Gasteiger partial charge in [0, 0.05) is 31.7 Å². The minimum atomic E-state index is -2.07. The number of urea groups is 1. The van der Waals surface area contributed by atoms with Crippen molar-refractivity contribution in [1.82, 2.24) is 25.8 Å². The highest BCUT2D eigenvalue weighted by molar-refractivity contribution is 6.47. The molecule has 22 heteroatoms. The second-order valence-electron chi connectivity index (χ2n) is 11.9. The Morgan fingerprint density at radius 2 is 1.70 bits per heavy atom. The third-order valence-corrected chi connectivity index (χ3v) is 9.14. The molecule has 1 saturated heterocycles. The lowest BCUT2D eigenvalue weighted by Crippen LogP contribution is -2.60. The van der Waals surface area contributed by atoms with Gasteiger partial charge in [0.15, 0.2) is 17.3 Å². The van der Waals surface area contributed by atoms with E-state index in [-0.39, 0.29) is 54.4 Å². The number of rotatable bonds is 10. The fourth-order valence-electron chi connectivity index (χ4n) is 5.68. The van der Waals surface area contributed by atoms with Gasteiger partial charge < -0.3 is 51.0 Å². The number of carboxylic acid groups (broad SMARTS) is 1. The molecule has 3 aromatic carbocycles. The molecule has 0 aromatic heterocycles. The van der Waals surface area contributed by atoms with Crippen LogP contribution in [0.2, 0.25) is 10.0 Å². The Morgan fingerprint density at radius 3 is 2.39 bits per heavy atom. The van der Waals surface area contributed by atoms with Gasteiger partial charge in [0.05, 0.1) is 21.5 Å². The number of benzene rings is 3. The summed E-state index contributed by atoms with van der Waals surface area (Å²) in [7, 11) is -1.98. The molecule has 2 aliphatic heterocycles. The number of carboxylic acids is 1. The third kappa shape index (κ3) is 8.04. The molecule has 2 aliphatic rings. The fourth-order valence-corrected chi connectivity index (χ4v) is 6.19. The van der Waals surface area contributed by atoms with Crippen LogP contribution in [0.5, 0.6) is 23.0 Å². The van der Waals surface area contributed by atoms with Crippen LogP contribution in [0, 0.1) is 11.6 Å². The summed E-state index contributed by atoms with van der Waals surface area (Å²) >= 11 is 12.1. The number of fused-ring (bicyclic) bond motifs is 1. The maximum absolute atomic E-state index is 14.6. The second kappa shape index (κ2) is 16.0. The predicted octanol–water partition coefficient (Wildman–Crippen LogP) is 1.47. The zero-order valence-electron chi connectivity index (χ0n) is 27.4. The van der Waals surface area contributed by atoms with E-state index in [0.29, 0.717) is 11.0 Å². The summed E-state index contributed by atoms with van der Waals surface area (Å²) in [4.78, 5) is 78.7. The third-order valence-electron chi connectivity index (χ3n) is 8.43. The van der Waals surface area contributed by atoms with Gasteiger partial charge in [-0.1, -0.05) is 29.3 Å². The van der Waals surface area contributed by atoms with Gasteiger partial charge in [-0.15, -0.1) is 0 Å².